The van der Waals surface area contributed by atoms with Crippen LogP contribution >= 0.6 is 22.6 Å². The van der Waals surface area contributed by atoms with Crippen LogP contribution in [0.5, 0.6) is 0 Å². The van der Waals surface area contributed by atoms with Crippen LogP contribution in [0.15, 0.2) is 30.3 Å². The molecule has 0 spiro atoms. The first-order chi connectivity index (χ1) is 7.55. The minimum Gasteiger partial charge on any atom is -0.0858 e. The van der Waals surface area contributed by atoms with Crippen molar-refractivity contribution in [3.8, 4) is 0 Å². The minimum atomic E-state index is 0.479. The Labute approximate surface area is 113 Å². The maximum Gasteiger partial charge on any atom is 0.00527 e. The van der Waals surface area contributed by atoms with E-state index in [1.165, 1.54) is 35.7 Å². The van der Waals surface area contributed by atoms with Gasteiger partial charge in [-0.2, -0.15) is 0 Å². The van der Waals surface area contributed by atoms with Crippen LogP contribution < -0.4 is 0 Å². The fraction of sp³-hybridized carbons (Fsp3) is 0.600. The highest BCUT2D eigenvalue weighted by atomic mass is 127. The average Bonchev–Trinajstić information content (AvgIpc) is 2.97. The lowest BCUT2D eigenvalue weighted by Crippen LogP contribution is -2.25. The van der Waals surface area contributed by atoms with Gasteiger partial charge in [-0.15, -0.1) is 0 Å². The molecule has 16 heavy (non-hydrogen) atoms. The monoisotopic (exact) mass is 328 g/mol. The van der Waals surface area contributed by atoms with Gasteiger partial charge in [0, 0.05) is 4.43 Å². The van der Waals surface area contributed by atoms with Crippen molar-refractivity contribution in [1.82, 2.24) is 0 Å². The number of alkyl halides is 1. The average molecular weight is 328 g/mol. The van der Waals surface area contributed by atoms with Crippen molar-refractivity contribution in [2.45, 2.75) is 39.5 Å². The van der Waals surface area contributed by atoms with Crippen molar-refractivity contribution in [1.29, 1.82) is 0 Å². The maximum absolute atomic E-state index is 2.56. The highest BCUT2D eigenvalue weighted by Gasteiger charge is 2.42. The Bertz CT molecular complexity index is 340. The third-order valence-electron chi connectivity index (χ3n) is 3.75. The van der Waals surface area contributed by atoms with Crippen LogP contribution in [-0.2, 0) is 6.42 Å². The zero-order valence-electron chi connectivity index (χ0n) is 10.3. The third-order valence-corrected chi connectivity index (χ3v) is 5.59. The molecule has 88 valence electrons. The molecule has 1 fully saturated rings. The van der Waals surface area contributed by atoms with Crippen molar-refractivity contribution >= 4 is 22.6 Å². The summed E-state index contributed by atoms with van der Waals surface area (Å²) in [5.41, 5.74) is 2.63. The molecule has 0 heterocycles. The van der Waals surface area contributed by atoms with Crippen molar-refractivity contribution < 1.29 is 0 Å². The van der Waals surface area contributed by atoms with E-state index in [0.29, 0.717) is 10.8 Å². The zero-order chi connectivity index (χ0) is 11.6. The summed E-state index contributed by atoms with van der Waals surface area (Å²) in [5.74, 6) is 0. The van der Waals surface area contributed by atoms with Crippen molar-refractivity contribution in [3.63, 3.8) is 0 Å². The summed E-state index contributed by atoms with van der Waals surface area (Å²) in [6, 6.07) is 10.9. The molecule has 1 aromatic carbocycles. The summed E-state index contributed by atoms with van der Waals surface area (Å²) in [6.07, 6.45) is 5.49. The Morgan fingerprint density at radius 1 is 1.25 bits per heavy atom. The molecule has 1 unspecified atom stereocenters. The SMILES string of the molecule is CC1(CC(C)(CI)Cc2ccccc2)CC1. The largest absolute Gasteiger partial charge is 0.0858 e. The van der Waals surface area contributed by atoms with E-state index < -0.39 is 0 Å². The Balaban J connectivity index is 2.04. The molecule has 0 aromatic heterocycles. The van der Waals surface area contributed by atoms with E-state index in [-0.39, 0.29) is 0 Å². The Morgan fingerprint density at radius 2 is 1.88 bits per heavy atom. The summed E-state index contributed by atoms with van der Waals surface area (Å²) < 4.78 is 1.26. The summed E-state index contributed by atoms with van der Waals surface area (Å²) in [6.45, 7) is 4.90. The fourth-order valence-corrected chi connectivity index (χ4v) is 3.21. The van der Waals surface area contributed by atoms with Gasteiger partial charge in [-0.05, 0) is 42.1 Å². The standard InChI is InChI=1S/C15H21I/c1-14(8-9-14)11-15(2,12-16)10-13-6-4-3-5-7-13/h3-7H,8-12H2,1-2H3. The van der Waals surface area contributed by atoms with E-state index in [0.717, 1.165) is 0 Å². The summed E-state index contributed by atoms with van der Waals surface area (Å²) in [5, 5.41) is 0. The van der Waals surface area contributed by atoms with Gasteiger partial charge in [0.15, 0.2) is 0 Å². The van der Waals surface area contributed by atoms with Crippen LogP contribution in [0.3, 0.4) is 0 Å². The normalized spacial score (nSPS) is 21.4. The van der Waals surface area contributed by atoms with Gasteiger partial charge in [0.25, 0.3) is 0 Å². The molecular formula is C15H21I. The molecule has 1 aliphatic carbocycles. The van der Waals surface area contributed by atoms with Gasteiger partial charge in [0.05, 0.1) is 0 Å². The van der Waals surface area contributed by atoms with Crippen LogP contribution in [-0.4, -0.2) is 4.43 Å². The predicted octanol–water partition coefficient (Wildman–Crippen LogP) is 4.86. The van der Waals surface area contributed by atoms with Crippen molar-refractivity contribution in [2.75, 3.05) is 4.43 Å². The Kier molecular flexibility index (Phi) is 3.62. The molecule has 1 aliphatic rings. The van der Waals surface area contributed by atoms with Crippen LogP contribution in [0.25, 0.3) is 0 Å². The van der Waals surface area contributed by atoms with Gasteiger partial charge >= 0.3 is 0 Å². The van der Waals surface area contributed by atoms with E-state index in [1.807, 2.05) is 0 Å². The minimum absolute atomic E-state index is 0.479. The molecular weight excluding hydrogens is 307 g/mol. The molecule has 0 amide bonds. The van der Waals surface area contributed by atoms with Gasteiger partial charge in [0.2, 0.25) is 0 Å². The van der Waals surface area contributed by atoms with E-state index in [1.54, 1.807) is 0 Å². The molecule has 2 rings (SSSR count). The first kappa shape index (κ1) is 12.4. The number of benzene rings is 1. The molecule has 0 nitrogen and oxygen atoms in total. The van der Waals surface area contributed by atoms with Gasteiger partial charge in [-0.3, -0.25) is 0 Å². The van der Waals surface area contributed by atoms with Crippen LogP contribution in [0, 0.1) is 10.8 Å². The molecule has 1 heteroatoms. The molecule has 0 radical (unpaired) electrons. The lowest BCUT2D eigenvalue weighted by atomic mass is 9.77. The van der Waals surface area contributed by atoms with Gasteiger partial charge in [0.1, 0.15) is 0 Å². The summed E-state index contributed by atoms with van der Waals surface area (Å²) >= 11 is 2.56. The second-order valence-electron chi connectivity index (χ2n) is 6.09. The lowest BCUT2D eigenvalue weighted by molar-refractivity contribution is 0.273. The van der Waals surface area contributed by atoms with Crippen molar-refractivity contribution in [3.05, 3.63) is 35.9 Å². The number of hydrogen-bond acceptors (Lipinski definition) is 0. The highest BCUT2D eigenvalue weighted by molar-refractivity contribution is 14.1. The first-order valence-electron chi connectivity index (χ1n) is 6.15. The van der Waals surface area contributed by atoms with E-state index in [4.69, 9.17) is 0 Å². The molecule has 0 saturated heterocycles. The quantitative estimate of drug-likeness (QED) is 0.535. The Hall–Kier alpha value is -0.0500. The zero-order valence-corrected chi connectivity index (χ0v) is 12.5. The molecule has 1 saturated carbocycles. The smallest absolute Gasteiger partial charge is 0.00527 e. The predicted molar refractivity (Wildman–Crippen MR) is 79.1 cm³/mol. The molecule has 0 N–H and O–H groups in total. The van der Waals surface area contributed by atoms with E-state index in [2.05, 4.69) is 66.8 Å². The summed E-state index contributed by atoms with van der Waals surface area (Å²) in [4.78, 5) is 0. The number of halogens is 1. The molecule has 1 atom stereocenters. The highest BCUT2D eigenvalue weighted by Crippen LogP contribution is 2.53. The van der Waals surface area contributed by atoms with Crippen LogP contribution in [0.1, 0.15) is 38.7 Å². The van der Waals surface area contributed by atoms with E-state index >= 15 is 0 Å². The first-order valence-corrected chi connectivity index (χ1v) is 7.68. The lowest BCUT2D eigenvalue weighted by Gasteiger charge is -2.30. The van der Waals surface area contributed by atoms with Crippen LogP contribution in [0.4, 0.5) is 0 Å². The fourth-order valence-electron chi connectivity index (χ4n) is 2.67. The third kappa shape index (κ3) is 3.22. The number of hydrogen-bond donors (Lipinski definition) is 0. The molecule has 0 aliphatic heterocycles. The van der Waals surface area contributed by atoms with Gasteiger partial charge in [-0.25, -0.2) is 0 Å². The Morgan fingerprint density at radius 3 is 2.38 bits per heavy atom. The molecule has 0 bridgehead atoms. The van der Waals surface area contributed by atoms with E-state index in [9.17, 15) is 0 Å². The number of rotatable bonds is 5. The second-order valence-corrected chi connectivity index (χ2v) is 6.86. The van der Waals surface area contributed by atoms with Gasteiger partial charge < -0.3 is 0 Å². The second kappa shape index (κ2) is 4.67. The molecule has 1 aromatic rings. The van der Waals surface area contributed by atoms with Gasteiger partial charge in [-0.1, -0.05) is 66.8 Å². The maximum atomic E-state index is 2.56. The van der Waals surface area contributed by atoms with Crippen molar-refractivity contribution in [2.24, 2.45) is 10.8 Å². The summed E-state index contributed by atoms with van der Waals surface area (Å²) in [7, 11) is 0. The topological polar surface area (TPSA) is 0 Å². The van der Waals surface area contributed by atoms with Crippen LogP contribution in [0.2, 0.25) is 0 Å².